The highest BCUT2D eigenvalue weighted by Gasteiger charge is 2.06. The van der Waals surface area contributed by atoms with Crippen molar-refractivity contribution in [3.05, 3.63) is 62.0 Å². The van der Waals surface area contributed by atoms with Gasteiger partial charge in [0.05, 0.1) is 10.0 Å². The number of aryl methyl sites for hydroxylation is 2. The van der Waals surface area contributed by atoms with Gasteiger partial charge in [0.15, 0.2) is 0 Å². The number of carbonyl (C=O) groups excluding carboxylic acids is 1. The van der Waals surface area contributed by atoms with Crippen LogP contribution in [0.3, 0.4) is 0 Å². The second-order valence-corrected chi connectivity index (χ2v) is 6.43. The first-order valence-electron chi connectivity index (χ1n) is 6.45. The molecule has 0 radical (unpaired) electrons. The van der Waals surface area contributed by atoms with Gasteiger partial charge in [0.25, 0.3) is 0 Å². The maximum Gasteiger partial charge on any atom is 0.224 e. The van der Waals surface area contributed by atoms with E-state index >= 15 is 0 Å². The fraction of sp³-hybridized carbons (Fsp3) is 0.188. The second kappa shape index (κ2) is 7.30. The molecule has 1 N–H and O–H groups in total. The van der Waals surface area contributed by atoms with Gasteiger partial charge in [-0.15, -0.1) is 0 Å². The monoisotopic (exact) mass is 385 g/mol. The summed E-state index contributed by atoms with van der Waals surface area (Å²) in [5.74, 6) is -0.0252. The van der Waals surface area contributed by atoms with Crippen molar-refractivity contribution in [3.63, 3.8) is 0 Å². The molecule has 0 saturated heterocycles. The Labute approximate surface area is 142 Å². The quantitative estimate of drug-likeness (QED) is 0.724. The van der Waals surface area contributed by atoms with Gasteiger partial charge >= 0.3 is 0 Å². The van der Waals surface area contributed by atoms with Crippen LogP contribution in [-0.4, -0.2) is 5.91 Å². The number of carbonyl (C=O) groups is 1. The normalized spacial score (nSPS) is 10.5. The average Bonchev–Trinajstić information content (AvgIpc) is 2.44. The van der Waals surface area contributed by atoms with Crippen molar-refractivity contribution in [1.29, 1.82) is 0 Å². The smallest absolute Gasteiger partial charge is 0.224 e. The number of halogens is 3. The van der Waals surface area contributed by atoms with Crippen LogP contribution in [0.4, 0.5) is 5.69 Å². The minimum atomic E-state index is -0.0252. The molecule has 0 saturated carbocycles. The molecular formula is C16H14BrCl2NO. The molecule has 0 aromatic heterocycles. The van der Waals surface area contributed by atoms with E-state index in [0.717, 1.165) is 21.3 Å². The highest BCUT2D eigenvalue weighted by atomic mass is 79.9. The van der Waals surface area contributed by atoms with Crippen LogP contribution in [0.1, 0.15) is 17.5 Å². The molecule has 2 aromatic carbocycles. The van der Waals surface area contributed by atoms with Crippen molar-refractivity contribution in [2.75, 3.05) is 5.32 Å². The molecule has 2 aromatic rings. The number of rotatable bonds is 4. The first-order valence-corrected chi connectivity index (χ1v) is 8.00. The van der Waals surface area contributed by atoms with Gasteiger partial charge in [-0.1, -0.05) is 45.2 Å². The van der Waals surface area contributed by atoms with E-state index in [4.69, 9.17) is 23.2 Å². The van der Waals surface area contributed by atoms with Crippen molar-refractivity contribution in [2.45, 2.75) is 19.8 Å². The molecule has 0 atom stereocenters. The summed E-state index contributed by atoms with van der Waals surface area (Å²) in [6.07, 6.45) is 1.02. The van der Waals surface area contributed by atoms with Crippen molar-refractivity contribution >= 4 is 50.7 Å². The van der Waals surface area contributed by atoms with E-state index < -0.39 is 0 Å². The third-order valence-electron chi connectivity index (χ3n) is 3.07. The lowest BCUT2D eigenvalue weighted by atomic mass is 10.1. The van der Waals surface area contributed by atoms with Gasteiger partial charge in [0.2, 0.25) is 5.91 Å². The SMILES string of the molecule is Cc1cc(NC(=O)CCc2ccc(Cl)c(Cl)c2)ccc1Br. The lowest BCUT2D eigenvalue weighted by molar-refractivity contribution is -0.116. The van der Waals surface area contributed by atoms with Crippen LogP contribution < -0.4 is 5.32 Å². The van der Waals surface area contributed by atoms with Gasteiger partial charge in [-0.2, -0.15) is 0 Å². The largest absolute Gasteiger partial charge is 0.326 e. The Kier molecular flexibility index (Phi) is 5.68. The van der Waals surface area contributed by atoms with E-state index in [0.29, 0.717) is 22.9 Å². The molecule has 0 fully saturated rings. The molecule has 0 unspecified atom stereocenters. The molecule has 0 bridgehead atoms. The zero-order valence-electron chi connectivity index (χ0n) is 11.4. The molecule has 2 nitrogen and oxygen atoms in total. The van der Waals surface area contributed by atoms with Crippen molar-refractivity contribution in [1.82, 2.24) is 0 Å². The Morgan fingerprint density at radius 2 is 1.90 bits per heavy atom. The predicted octanol–water partition coefficient (Wildman–Crippen LogP) is 5.64. The Morgan fingerprint density at radius 1 is 1.14 bits per heavy atom. The Hall–Kier alpha value is -1.03. The van der Waals surface area contributed by atoms with Crippen LogP contribution >= 0.6 is 39.1 Å². The van der Waals surface area contributed by atoms with Gasteiger partial charge < -0.3 is 5.32 Å². The number of amides is 1. The van der Waals surface area contributed by atoms with Crippen LogP contribution in [0.5, 0.6) is 0 Å². The van der Waals surface area contributed by atoms with Gasteiger partial charge in [0.1, 0.15) is 0 Å². The van der Waals surface area contributed by atoms with Crippen molar-refractivity contribution < 1.29 is 4.79 Å². The van der Waals surface area contributed by atoms with Crippen LogP contribution in [0.15, 0.2) is 40.9 Å². The highest BCUT2D eigenvalue weighted by molar-refractivity contribution is 9.10. The molecule has 0 heterocycles. The van der Waals surface area contributed by atoms with Gasteiger partial charge in [0, 0.05) is 16.6 Å². The number of benzene rings is 2. The summed E-state index contributed by atoms with van der Waals surface area (Å²) in [6, 6.07) is 11.1. The summed E-state index contributed by atoms with van der Waals surface area (Å²) in [5, 5.41) is 3.92. The fourth-order valence-corrected chi connectivity index (χ4v) is 2.47. The molecule has 5 heteroatoms. The standard InChI is InChI=1S/C16H14BrCl2NO/c1-10-8-12(4-5-13(10)17)20-16(21)7-3-11-2-6-14(18)15(19)9-11/h2,4-6,8-9H,3,7H2,1H3,(H,20,21). The summed E-state index contributed by atoms with van der Waals surface area (Å²) in [6.45, 7) is 1.98. The van der Waals surface area contributed by atoms with Gasteiger partial charge in [-0.3, -0.25) is 4.79 Å². The summed E-state index contributed by atoms with van der Waals surface area (Å²) >= 11 is 15.3. The van der Waals surface area contributed by atoms with Gasteiger partial charge in [-0.05, 0) is 54.8 Å². The predicted molar refractivity (Wildman–Crippen MR) is 92.3 cm³/mol. The minimum Gasteiger partial charge on any atom is -0.326 e. The third-order valence-corrected chi connectivity index (χ3v) is 4.70. The van der Waals surface area contributed by atoms with E-state index in [1.54, 1.807) is 12.1 Å². The zero-order chi connectivity index (χ0) is 15.4. The Morgan fingerprint density at radius 3 is 2.57 bits per heavy atom. The molecular weight excluding hydrogens is 373 g/mol. The summed E-state index contributed by atoms with van der Waals surface area (Å²) in [7, 11) is 0. The van der Waals surface area contributed by atoms with E-state index in [2.05, 4.69) is 21.2 Å². The first kappa shape index (κ1) is 16.3. The molecule has 0 aliphatic carbocycles. The number of hydrogen-bond acceptors (Lipinski definition) is 1. The fourth-order valence-electron chi connectivity index (χ4n) is 1.90. The second-order valence-electron chi connectivity index (χ2n) is 4.76. The Balaban J connectivity index is 1.92. The molecule has 2 rings (SSSR count). The maximum atomic E-state index is 12.0. The van der Waals surface area contributed by atoms with E-state index in [9.17, 15) is 4.79 Å². The van der Waals surface area contributed by atoms with Crippen molar-refractivity contribution in [3.8, 4) is 0 Å². The molecule has 110 valence electrons. The van der Waals surface area contributed by atoms with E-state index in [1.165, 1.54) is 0 Å². The summed E-state index contributed by atoms with van der Waals surface area (Å²) < 4.78 is 1.02. The number of nitrogens with one attached hydrogen (secondary N) is 1. The lowest BCUT2D eigenvalue weighted by Gasteiger charge is -2.07. The van der Waals surface area contributed by atoms with E-state index in [1.807, 2.05) is 31.2 Å². The summed E-state index contributed by atoms with van der Waals surface area (Å²) in [5.41, 5.74) is 2.87. The van der Waals surface area contributed by atoms with Gasteiger partial charge in [-0.25, -0.2) is 0 Å². The topological polar surface area (TPSA) is 29.1 Å². The van der Waals surface area contributed by atoms with Crippen LogP contribution in [0.2, 0.25) is 10.0 Å². The van der Waals surface area contributed by atoms with Crippen LogP contribution in [0, 0.1) is 6.92 Å². The number of hydrogen-bond donors (Lipinski definition) is 1. The molecule has 0 aliphatic heterocycles. The van der Waals surface area contributed by atoms with Crippen LogP contribution in [0.25, 0.3) is 0 Å². The first-order chi connectivity index (χ1) is 9.95. The molecule has 21 heavy (non-hydrogen) atoms. The summed E-state index contributed by atoms with van der Waals surface area (Å²) in [4.78, 5) is 12.0. The Bertz CT molecular complexity index is 673. The zero-order valence-corrected chi connectivity index (χ0v) is 14.5. The third kappa shape index (κ3) is 4.73. The number of anilines is 1. The maximum absolute atomic E-state index is 12.0. The molecule has 0 spiro atoms. The lowest BCUT2D eigenvalue weighted by Crippen LogP contribution is -2.12. The van der Waals surface area contributed by atoms with E-state index in [-0.39, 0.29) is 5.91 Å². The van der Waals surface area contributed by atoms with Crippen molar-refractivity contribution in [2.24, 2.45) is 0 Å². The molecule has 0 aliphatic rings. The molecule has 1 amide bonds. The minimum absolute atomic E-state index is 0.0252. The van der Waals surface area contributed by atoms with Crippen LogP contribution in [-0.2, 0) is 11.2 Å². The average molecular weight is 387 g/mol. The highest BCUT2D eigenvalue weighted by Crippen LogP contribution is 2.23.